The van der Waals surface area contributed by atoms with Crippen molar-refractivity contribution in [3.8, 4) is 0 Å². The first-order valence-corrected chi connectivity index (χ1v) is 11.3. The fraction of sp³-hybridized carbons (Fsp3) is 0.318. The fourth-order valence-corrected chi connectivity index (χ4v) is 5.27. The summed E-state index contributed by atoms with van der Waals surface area (Å²) in [5, 5.41) is 8.36. The molecule has 0 radical (unpaired) electrons. The quantitative estimate of drug-likeness (QED) is 0.440. The lowest BCUT2D eigenvalue weighted by molar-refractivity contribution is 0.0602. The molecule has 5 rings (SSSR count). The Morgan fingerprint density at radius 1 is 1.18 bits per heavy atom. The van der Waals surface area contributed by atoms with Crippen LogP contribution >= 0.6 is 11.3 Å². The lowest BCUT2D eigenvalue weighted by atomic mass is 10.2. The van der Waals surface area contributed by atoms with E-state index in [-0.39, 0.29) is 11.5 Å². The van der Waals surface area contributed by atoms with Gasteiger partial charge in [-0.15, -0.1) is 11.3 Å². The lowest BCUT2D eigenvalue weighted by Gasteiger charge is -2.34. The molecule has 1 aliphatic heterocycles. The minimum absolute atomic E-state index is 0.0931. The van der Waals surface area contributed by atoms with Crippen molar-refractivity contribution in [2.24, 2.45) is 0 Å². The number of nitrogens with one attached hydrogen (secondary N) is 2. The number of hydrogen-bond acceptors (Lipinski definition) is 8. The summed E-state index contributed by atoms with van der Waals surface area (Å²) in [4.78, 5) is 49.8. The molecule has 0 saturated carbocycles. The van der Waals surface area contributed by atoms with Crippen LogP contribution in [-0.4, -0.2) is 75.1 Å². The molecule has 4 heterocycles. The molecule has 0 bridgehead atoms. The van der Waals surface area contributed by atoms with Gasteiger partial charge in [-0.25, -0.2) is 9.78 Å². The van der Waals surface area contributed by atoms with Gasteiger partial charge in [0, 0.05) is 31.6 Å². The topological polar surface area (TPSA) is 124 Å². The van der Waals surface area contributed by atoms with Crippen LogP contribution in [0.25, 0.3) is 21.1 Å². The first-order valence-electron chi connectivity index (χ1n) is 10.5. The van der Waals surface area contributed by atoms with Crippen LogP contribution < -0.4 is 5.56 Å². The number of fused-ring (bicyclic) bond motifs is 2. The molecule has 1 aromatic carbocycles. The Bertz CT molecular complexity index is 1430. The minimum Gasteiger partial charge on any atom is -0.465 e. The summed E-state index contributed by atoms with van der Waals surface area (Å²) in [5.74, 6) is -0.0328. The number of aromatic nitrogens is 4. The molecular formula is C22H22N6O4S. The Morgan fingerprint density at radius 2 is 1.94 bits per heavy atom. The number of benzene rings is 1. The van der Waals surface area contributed by atoms with E-state index in [1.165, 1.54) is 7.11 Å². The number of ether oxygens (including phenoxy) is 1. The molecule has 0 unspecified atom stereocenters. The van der Waals surface area contributed by atoms with Gasteiger partial charge in [-0.3, -0.25) is 19.6 Å². The van der Waals surface area contributed by atoms with E-state index in [9.17, 15) is 14.4 Å². The van der Waals surface area contributed by atoms with Gasteiger partial charge in [0.25, 0.3) is 11.5 Å². The average Bonchev–Trinajstić information content (AvgIpc) is 3.40. The molecule has 33 heavy (non-hydrogen) atoms. The summed E-state index contributed by atoms with van der Waals surface area (Å²) in [6.07, 6.45) is 0. The summed E-state index contributed by atoms with van der Waals surface area (Å²) < 4.78 is 4.80. The van der Waals surface area contributed by atoms with Crippen LogP contribution in [-0.2, 0) is 11.3 Å². The van der Waals surface area contributed by atoms with E-state index in [0.29, 0.717) is 64.9 Å². The zero-order valence-corrected chi connectivity index (χ0v) is 19.0. The van der Waals surface area contributed by atoms with Crippen LogP contribution in [0.1, 0.15) is 31.5 Å². The number of thiophene rings is 1. The Balaban J connectivity index is 1.28. The highest BCUT2D eigenvalue weighted by molar-refractivity contribution is 7.20. The smallest absolute Gasteiger partial charge is 0.348 e. The van der Waals surface area contributed by atoms with Crippen molar-refractivity contribution in [1.29, 1.82) is 0 Å². The zero-order valence-electron chi connectivity index (χ0n) is 18.2. The predicted molar refractivity (Wildman–Crippen MR) is 124 cm³/mol. The number of H-pyrrole nitrogens is 2. The van der Waals surface area contributed by atoms with E-state index in [4.69, 9.17) is 4.74 Å². The van der Waals surface area contributed by atoms with Crippen molar-refractivity contribution in [1.82, 2.24) is 30.0 Å². The summed E-state index contributed by atoms with van der Waals surface area (Å²) in [5.41, 5.74) is 1.59. The van der Waals surface area contributed by atoms with Crippen LogP contribution in [0, 0.1) is 6.92 Å². The molecule has 4 aromatic rings. The molecular weight excluding hydrogens is 444 g/mol. The number of methoxy groups -OCH3 is 1. The molecule has 0 aliphatic carbocycles. The van der Waals surface area contributed by atoms with E-state index >= 15 is 0 Å². The normalized spacial score (nSPS) is 14.8. The largest absolute Gasteiger partial charge is 0.465 e. The van der Waals surface area contributed by atoms with Crippen molar-refractivity contribution in [2.75, 3.05) is 33.3 Å². The van der Waals surface area contributed by atoms with E-state index in [1.54, 1.807) is 11.8 Å². The lowest BCUT2D eigenvalue weighted by Crippen LogP contribution is -2.48. The number of piperazine rings is 1. The van der Waals surface area contributed by atoms with E-state index in [1.807, 2.05) is 24.3 Å². The highest BCUT2D eigenvalue weighted by Gasteiger charge is 2.26. The molecule has 1 amide bonds. The van der Waals surface area contributed by atoms with Crippen molar-refractivity contribution < 1.29 is 14.3 Å². The summed E-state index contributed by atoms with van der Waals surface area (Å²) in [7, 11) is 1.31. The first-order chi connectivity index (χ1) is 16.0. The van der Waals surface area contributed by atoms with Crippen LogP contribution in [0.5, 0.6) is 0 Å². The number of carbonyl (C=O) groups excluding carboxylic acids is 2. The maximum absolute atomic E-state index is 13.0. The van der Waals surface area contributed by atoms with Gasteiger partial charge in [-0.2, -0.15) is 5.10 Å². The number of hydrogen-bond donors (Lipinski definition) is 2. The summed E-state index contributed by atoms with van der Waals surface area (Å²) in [6.45, 7) is 4.57. The monoisotopic (exact) mass is 466 g/mol. The van der Waals surface area contributed by atoms with Gasteiger partial charge < -0.3 is 14.6 Å². The molecule has 0 atom stereocenters. The van der Waals surface area contributed by atoms with Crippen LogP contribution in [0.15, 0.2) is 29.1 Å². The number of para-hydroxylation sites is 1. The number of nitrogens with zero attached hydrogens (tertiary/aromatic N) is 4. The number of carbonyl (C=O) groups is 2. The average molecular weight is 467 g/mol. The van der Waals surface area contributed by atoms with Gasteiger partial charge >= 0.3 is 5.97 Å². The molecule has 10 nitrogen and oxygen atoms in total. The van der Waals surface area contributed by atoms with E-state index in [2.05, 4.69) is 25.1 Å². The molecule has 1 aliphatic rings. The van der Waals surface area contributed by atoms with Crippen molar-refractivity contribution in [3.05, 3.63) is 56.6 Å². The van der Waals surface area contributed by atoms with Gasteiger partial charge in [0.1, 0.15) is 15.5 Å². The fourth-order valence-electron chi connectivity index (χ4n) is 4.15. The molecule has 1 fully saturated rings. The molecule has 2 N–H and O–H groups in total. The number of rotatable bonds is 4. The standard InChI is InChI=1S/C22H22N6O4S/c1-12-16-19(29)23-15(24-20(16)33-18(12)22(31)32-2)11-27-7-9-28(10-8-27)21(30)17-13-5-3-4-6-14(13)25-26-17/h3-6H,7-11H2,1-2H3,(H,25,26)(H,23,24,29). The van der Waals surface area contributed by atoms with Gasteiger partial charge in [-0.1, -0.05) is 18.2 Å². The Morgan fingerprint density at radius 3 is 2.70 bits per heavy atom. The third-order valence-electron chi connectivity index (χ3n) is 5.93. The number of aryl methyl sites for hydroxylation is 1. The Labute approximate surface area is 192 Å². The number of amides is 1. The van der Waals surface area contributed by atoms with Crippen molar-refractivity contribution in [2.45, 2.75) is 13.5 Å². The third-order valence-corrected chi connectivity index (χ3v) is 7.09. The van der Waals surface area contributed by atoms with Gasteiger partial charge in [0.15, 0.2) is 5.69 Å². The van der Waals surface area contributed by atoms with Crippen molar-refractivity contribution in [3.63, 3.8) is 0 Å². The highest BCUT2D eigenvalue weighted by Crippen LogP contribution is 2.27. The van der Waals surface area contributed by atoms with E-state index in [0.717, 1.165) is 22.2 Å². The molecule has 11 heteroatoms. The number of aromatic amines is 2. The third kappa shape index (κ3) is 3.79. The van der Waals surface area contributed by atoms with Crippen LogP contribution in [0.2, 0.25) is 0 Å². The second-order valence-corrected chi connectivity index (χ2v) is 8.93. The minimum atomic E-state index is -0.470. The van der Waals surface area contributed by atoms with Crippen LogP contribution in [0.4, 0.5) is 0 Å². The Hall–Kier alpha value is -3.57. The SMILES string of the molecule is COC(=O)c1sc2nc(CN3CCN(C(=O)c4n[nH]c5ccccc45)CC3)[nH]c(=O)c2c1C. The number of esters is 1. The second kappa shape index (κ2) is 8.41. The summed E-state index contributed by atoms with van der Waals surface area (Å²) >= 11 is 1.16. The molecule has 170 valence electrons. The summed E-state index contributed by atoms with van der Waals surface area (Å²) in [6, 6.07) is 7.57. The molecule has 0 spiro atoms. The van der Waals surface area contributed by atoms with Gasteiger partial charge in [0.05, 0.1) is 24.6 Å². The first kappa shape index (κ1) is 21.3. The molecule has 3 aromatic heterocycles. The van der Waals surface area contributed by atoms with E-state index < -0.39 is 5.97 Å². The Kier molecular flexibility index (Phi) is 5.43. The maximum Gasteiger partial charge on any atom is 0.348 e. The van der Waals surface area contributed by atoms with Crippen LogP contribution in [0.3, 0.4) is 0 Å². The molecule has 1 saturated heterocycles. The van der Waals surface area contributed by atoms with Gasteiger partial charge in [-0.05, 0) is 18.6 Å². The van der Waals surface area contributed by atoms with Crippen molar-refractivity contribution >= 4 is 44.3 Å². The highest BCUT2D eigenvalue weighted by atomic mass is 32.1. The maximum atomic E-state index is 13.0. The predicted octanol–water partition coefficient (Wildman–Crippen LogP) is 1.91. The zero-order chi connectivity index (χ0) is 23.1. The van der Waals surface area contributed by atoms with Gasteiger partial charge in [0.2, 0.25) is 0 Å². The second-order valence-electron chi connectivity index (χ2n) is 7.93.